The van der Waals surface area contributed by atoms with E-state index in [0.717, 1.165) is 0 Å². The largest absolute Gasteiger partial charge is 0.377 e. The average molecular weight is 300 g/mol. The first-order valence-electron chi connectivity index (χ1n) is 8.18. The molecule has 0 radical (unpaired) electrons. The van der Waals surface area contributed by atoms with Crippen LogP contribution in [0.3, 0.4) is 0 Å². The summed E-state index contributed by atoms with van der Waals surface area (Å²) in [4.78, 5) is 13.7. The van der Waals surface area contributed by atoms with Crippen LogP contribution in [0.2, 0.25) is 0 Å². The average Bonchev–Trinajstić information content (AvgIpc) is 3.20. The summed E-state index contributed by atoms with van der Waals surface area (Å²) in [6.07, 6.45) is 8.52. The van der Waals surface area contributed by atoms with Crippen molar-refractivity contribution >= 4 is 5.78 Å². The number of hydrogen-bond acceptors (Lipinski definition) is 4. The fraction of sp³-hybridized carbons (Fsp3) is 0.722. The van der Waals surface area contributed by atoms with Crippen molar-refractivity contribution < 1.29 is 19.0 Å². The summed E-state index contributed by atoms with van der Waals surface area (Å²) in [6.45, 7) is 7.98. The predicted molar refractivity (Wildman–Crippen MR) is 77.1 cm³/mol. The van der Waals surface area contributed by atoms with Crippen LogP contribution in [0.5, 0.6) is 0 Å². The Bertz CT molecular complexity index is 727. The van der Waals surface area contributed by atoms with Gasteiger partial charge in [-0.1, -0.05) is 24.3 Å². The number of Topliss-reactive ketones (excluding diaryl/α,β-unsaturated/α-hetero) is 1. The predicted octanol–water partition coefficient (Wildman–Crippen LogP) is 1.65. The fourth-order valence-corrected chi connectivity index (χ4v) is 7.35. The van der Waals surface area contributed by atoms with Crippen LogP contribution >= 0.6 is 0 Å². The van der Waals surface area contributed by atoms with Gasteiger partial charge in [-0.15, -0.1) is 0 Å². The Balaban J connectivity index is 1.83. The van der Waals surface area contributed by atoms with Crippen LogP contribution in [0.15, 0.2) is 24.3 Å². The van der Waals surface area contributed by atoms with Crippen LogP contribution in [-0.2, 0) is 19.0 Å². The molecule has 4 fully saturated rings. The molecular weight excluding hydrogens is 280 g/mol. The monoisotopic (exact) mass is 300 g/mol. The van der Waals surface area contributed by atoms with Gasteiger partial charge in [-0.25, -0.2) is 0 Å². The molecule has 22 heavy (non-hydrogen) atoms. The Morgan fingerprint density at radius 1 is 1.09 bits per heavy atom. The van der Waals surface area contributed by atoms with Gasteiger partial charge in [0, 0.05) is 0 Å². The van der Waals surface area contributed by atoms with E-state index in [4.69, 9.17) is 14.2 Å². The minimum atomic E-state index is -0.561. The van der Waals surface area contributed by atoms with Crippen LogP contribution in [0.1, 0.15) is 20.8 Å². The molecule has 4 aliphatic heterocycles. The number of rotatable bonds is 0. The van der Waals surface area contributed by atoms with E-state index >= 15 is 0 Å². The number of carbonyl (C=O) groups excluding carboxylic acids is 1. The number of carbonyl (C=O) groups is 1. The molecule has 0 amide bonds. The molecule has 0 aromatic carbocycles. The molecule has 4 bridgehead atoms. The topological polar surface area (TPSA) is 44.8 Å². The highest BCUT2D eigenvalue weighted by Crippen LogP contribution is 2.86. The maximum atomic E-state index is 13.7. The third kappa shape index (κ3) is 0.685. The van der Waals surface area contributed by atoms with E-state index in [9.17, 15) is 4.79 Å². The molecule has 1 saturated carbocycles. The number of hydrogen-bond donors (Lipinski definition) is 0. The zero-order chi connectivity index (χ0) is 15.2. The molecule has 116 valence electrons. The second-order valence-corrected chi connectivity index (χ2v) is 8.54. The zero-order valence-electron chi connectivity index (χ0n) is 13.1. The first-order chi connectivity index (χ1) is 10.3. The van der Waals surface area contributed by atoms with E-state index in [-0.39, 0.29) is 16.9 Å². The molecular formula is C18H20O4. The highest BCUT2D eigenvalue weighted by molar-refractivity contribution is 6.01. The lowest BCUT2D eigenvalue weighted by atomic mass is 9.47. The smallest absolute Gasteiger partial charge is 0.153 e. The van der Waals surface area contributed by atoms with Gasteiger partial charge in [0.05, 0.1) is 53.2 Å². The summed E-state index contributed by atoms with van der Waals surface area (Å²) >= 11 is 0. The Hall–Kier alpha value is -0.970. The maximum absolute atomic E-state index is 13.7. The number of ketones is 1. The minimum absolute atomic E-state index is 0.0473. The summed E-state index contributed by atoms with van der Waals surface area (Å²) in [7, 11) is 0. The molecule has 2 aliphatic carbocycles. The van der Waals surface area contributed by atoms with Crippen molar-refractivity contribution in [2.75, 3.05) is 19.8 Å². The molecule has 6 aliphatic rings. The highest BCUT2D eigenvalue weighted by atomic mass is 16.6. The van der Waals surface area contributed by atoms with Gasteiger partial charge < -0.3 is 14.2 Å². The van der Waals surface area contributed by atoms with E-state index in [0.29, 0.717) is 25.6 Å². The van der Waals surface area contributed by atoms with Crippen LogP contribution in [-0.4, -0.2) is 42.9 Å². The van der Waals surface area contributed by atoms with Gasteiger partial charge >= 0.3 is 0 Å². The lowest BCUT2D eigenvalue weighted by Gasteiger charge is -2.49. The van der Waals surface area contributed by atoms with Gasteiger partial charge in [-0.05, 0) is 20.8 Å². The molecule has 7 atom stereocenters. The number of fused-ring (bicyclic) bond motifs is 2. The Labute approximate surface area is 129 Å². The van der Waals surface area contributed by atoms with E-state index in [1.165, 1.54) is 0 Å². The molecule has 4 heterocycles. The first kappa shape index (κ1) is 12.5. The second-order valence-electron chi connectivity index (χ2n) is 8.54. The second kappa shape index (κ2) is 2.79. The summed E-state index contributed by atoms with van der Waals surface area (Å²) in [5.74, 6) is 0.314. The highest BCUT2D eigenvalue weighted by Gasteiger charge is 2.96. The van der Waals surface area contributed by atoms with Gasteiger partial charge in [-0.2, -0.15) is 0 Å². The molecule has 3 spiro atoms. The minimum Gasteiger partial charge on any atom is -0.377 e. The molecule has 0 aromatic rings. The van der Waals surface area contributed by atoms with Gasteiger partial charge in [-0.3, -0.25) is 4.79 Å². The molecule has 4 heteroatoms. The van der Waals surface area contributed by atoms with E-state index in [1.54, 1.807) is 0 Å². The Morgan fingerprint density at radius 2 is 1.91 bits per heavy atom. The van der Waals surface area contributed by atoms with Crippen molar-refractivity contribution in [3.63, 3.8) is 0 Å². The van der Waals surface area contributed by atoms with Crippen LogP contribution in [0.4, 0.5) is 0 Å². The summed E-state index contributed by atoms with van der Waals surface area (Å²) in [5.41, 5.74) is -2.78. The normalized spacial score (nSPS) is 68.9. The van der Waals surface area contributed by atoms with Crippen LogP contribution in [0.25, 0.3) is 0 Å². The van der Waals surface area contributed by atoms with Crippen LogP contribution in [0, 0.1) is 21.7 Å². The van der Waals surface area contributed by atoms with Crippen molar-refractivity contribution in [1.82, 2.24) is 0 Å². The van der Waals surface area contributed by atoms with E-state index in [1.807, 2.05) is 0 Å². The molecule has 0 aromatic heterocycles. The number of ether oxygens (including phenoxy) is 3. The van der Waals surface area contributed by atoms with Gasteiger partial charge in [0.15, 0.2) is 5.78 Å². The lowest BCUT2D eigenvalue weighted by molar-refractivity contribution is -0.146. The van der Waals surface area contributed by atoms with Gasteiger partial charge in [0.1, 0.15) is 5.60 Å². The Morgan fingerprint density at radius 3 is 2.73 bits per heavy atom. The van der Waals surface area contributed by atoms with Gasteiger partial charge in [0.2, 0.25) is 0 Å². The molecule has 0 N–H and O–H groups in total. The van der Waals surface area contributed by atoms with E-state index in [2.05, 4.69) is 45.1 Å². The van der Waals surface area contributed by atoms with Crippen LogP contribution < -0.4 is 0 Å². The first-order valence-corrected chi connectivity index (χ1v) is 8.18. The standard InChI is InChI=1S/C18H20O4/c1-13-6-7-14(2)15(3,12(13)19)17(9-21-14)11-4-5-16(22-11)8-20-10-18(13,16)17/h4-7,11H,8-10H2,1-3H3/t11-,13-,14+,15-,16-,17-,18-/m0/s1. The lowest BCUT2D eigenvalue weighted by Crippen LogP contribution is -2.59. The van der Waals surface area contributed by atoms with Crippen molar-refractivity contribution in [3.8, 4) is 0 Å². The fourth-order valence-electron chi connectivity index (χ4n) is 7.35. The van der Waals surface area contributed by atoms with Crippen molar-refractivity contribution in [3.05, 3.63) is 24.3 Å². The maximum Gasteiger partial charge on any atom is 0.153 e. The molecule has 3 saturated heterocycles. The quantitative estimate of drug-likeness (QED) is 0.638. The van der Waals surface area contributed by atoms with Crippen molar-refractivity contribution in [2.45, 2.75) is 38.1 Å². The Kier molecular flexibility index (Phi) is 1.58. The molecule has 4 nitrogen and oxygen atoms in total. The third-order valence-corrected chi connectivity index (χ3v) is 8.51. The van der Waals surface area contributed by atoms with Crippen molar-refractivity contribution in [2.24, 2.45) is 21.7 Å². The summed E-state index contributed by atoms with van der Waals surface area (Å²) in [5, 5.41) is 0. The molecule has 0 unspecified atom stereocenters. The zero-order valence-corrected chi connectivity index (χ0v) is 13.1. The third-order valence-electron chi connectivity index (χ3n) is 8.51. The SMILES string of the molecule is C[C@]12C(=O)[C@]3(C)C=C[C@@]1(C)OC[C@]21[C@@H]2C=C[C@@]4(COC[C@]134)O2. The number of allylic oxidation sites excluding steroid dienone is 1. The summed E-state index contributed by atoms with van der Waals surface area (Å²) in [6, 6.07) is 0. The molecule has 6 rings (SSSR count). The van der Waals surface area contributed by atoms with E-state index < -0.39 is 22.0 Å². The van der Waals surface area contributed by atoms with Crippen molar-refractivity contribution in [1.29, 1.82) is 0 Å². The van der Waals surface area contributed by atoms with Gasteiger partial charge in [0.25, 0.3) is 0 Å². The summed E-state index contributed by atoms with van der Waals surface area (Å²) < 4.78 is 18.8.